The Labute approximate surface area is 248 Å². The molecule has 3 N–H and O–H groups in total. The number of hydrogen-bond acceptors (Lipinski definition) is 6. The second-order valence-corrected chi connectivity index (χ2v) is 11.7. The summed E-state index contributed by atoms with van der Waals surface area (Å²) in [6, 6.07) is 16.1. The van der Waals surface area contributed by atoms with Gasteiger partial charge in [0.05, 0.1) is 17.4 Å². The molecule has 0 saturated carbocycles. The first kappa shape index (κ1) is 30.0. The van der Waals surface area contributed by atoms with E-state index < -0.39 is 29.1 Å². The molecule has 1 spiro atoms. The number of hydrogen-bond donors (Lipinski definition) is 3. The number of nitrogens with zero attached hydrogens (tertiary/aromatic N) is 2. The van der Waals surface area contributed by atoms with E-state index in [-0.39, 0.29) is 24.3 Å². The van der Waals surface area contributed by atoms with E-state index in [0.29, 0.717) is 50.0 Å². The van der Waals surface area contributed by atoms with Crippen LogP contribution in [0.3, 0.4) is 0 Å². The summed E-state index contributed by atoms with van der Waals surface area (Å²) in [5.41, 5.74) is 0.521. The number of likely N-dealkylation sites (tertiary alicyclic amines) is 1. The maximum Gasteiger partial charge on any atom is 0.250 e. The van der Waals surface area contributed by atoms with Gasteiger partial charge in [-0.25, -0.2) is 0 Å². The number of ether oxygens (including phenoxy) is 1. The van der Waals surface area contributed by atoms with Gasteiger partial charge in [-0.1, -0.05) is 25.1 Å². The van der Waals surface area contributed by atoms with Gasteiger partial charge < -0.3 is 30.3 Å². The lowest BCUT2D eigenvalue weighted by Gasteiger charge is -2.34. The number of anilines is 3. The van der Waals surface area contributed by atoms with Gasteiger partial charge in [-0.3, -0.25) is 14.4 Å². The number of rotatable bonds is 13. The zero-order valence-corrected chi connectivity index (χ0v) is 25.0. The van der Waals surface area contributed by atoms with Gasteiger partial charge in [0, 0.05) is 43.3 Å². The maximum absolute atomic E-state index is 14.2. The molecule has 3 aliphatic heterocycles. The lowest BCUT2D eigenvalue weighted by Crippen LogP contribution is -2.53. The second-order valence-electron chi connectivity index (χ2n) is 11.7. The van der Waals surface area contributed by atoms with Gasteiger partial charge in [0.2, 0.25) is 17.7 Å². The minimum atomic E-state index is -1.08. The summed E-state index contributed by atoms with van der Waals surface area (Å²) in [6.45, 7) is 8.42. The molecule has 9 heteroatoms. The van der Waals surface area contributed by atoms with Crippen molar-refractivity contribution in [2.45, 2.75) is 76.5 Å². The van der Waals surface area contributed by atoms with Crippen molar-refractivity contribution in [2.75, 3.05) is 41.8 Å². The molecule has 2 unspecified atom stereocenters. The van der Waals surface area contributed by atoms with Crippen LogP contribution < -0.4 is 15.5 Å². The number of aliphatic hydroxyl groups excluding tert-OH is 1. The van der Waals surface area contributed by atoms with Gasteiger partial charge in [-0.2, -0.15) is 0 Å². The average molecular weight is 577 g/mol. The third-order valence-electron chi connectivity index (χ3n) is 9.57. The van der Waals surface area contributed by atoms with Crippen LogP contribution in [-0.4, -0.2) is 71.2 Å². The van der Waals surface area contributed by atoms with E-state index in [1.54, 1.807) is 4.90 Å². The summed E-state index contributed by atoms with van der Waals surface area (Å²) in [5, 5.41) is 15.4. The SMILES string of the molecule is CCN(CC)c1ccc(NC(=O)C2N(CCCCCO)C(=O)[C@@H]3[C@H](C(=O)Nc4ccccc4)[C@]4(CC)CCC23O4)cc1. The molecule has 3 amide bonds. The summed E-state index contributed by atoms with van der Waals surface area (Å²) < 4.78 is 6.84. The molecule has 0 aliphatic carbocycles. The van der Waals surface area contributed by atoms with Crippen molar-refractivity contribution in [3.8, 4) is 0 Å². The third-order valence-corrected chi connectivity index (χ3v) is 9.57. The average Bonchev–Trinajstić information content (AvgIpc) is 3.61. The quantitative estimate of drug-likeness (QED) is 0.305. The monoisotopic (exact) mass is 576 g/mol. The molecule has 2 aromatic rings. The van der Waals surface area contributed by atoms with Crippen LogP contribution in [0.15, 0.2) is 54.6 Å². The normalized spacial score (nSPS) is 27.7. The van der Waals surface area contributed by atoms with Crippen LogP contribution >= 0.6 is 0 Å². The molecule has 3 heterocycles. The van der Waals surface area contributed by atoms with Gasteiger partial charge >= 0.3 is 0 Å². The van der Waals surface area contributed by atoms with Crippen LogP contribution in [0.2, 0.25) is 0 Å². The Hall–Kier alpha value is -3.43. The predicted octanol–water partition coefficient (Wildman–Crippen LogP) is 4.43. The Morgan fingerprint density at radius 2 is 1.60 bits per heavy atom. The van der Waals surface area contributed by atoms with Crippen molar-refractivity contribution < 1.29 is 24.2 Å². The zero-order valence-electron chi connectivity index (χ0n) is 25.0. The molecule has 42 heavy (non-hydrogen) atoms. The van der Waals surface area contributed by atoms with Gasteiger partial charge in [-0.15, -0.1) is 0 Å². The van der Waals surface area contributed by atoms with Gasteiger partial charge in [0.1, 0.15) is 11.6 Å². The number of para-hydroxylation sites is 1. The van der Waals surface area contributed by atoms with Crippen LogP contribution in [0.5, 0.6) is 0 Å². The summed E-state index contributed by atoms with van der Waals surface area (Å²) >= 11 is 0. The number of benzene rings is 2. The Kier molecular flexibility index (Phi) is 8.89. The van der Waals surface area contributed by atoms with E-state index in [9.17, 15) is 19.5 Å². The molecule has 2 aromatic carbocycles. The number of unbranched alkanes of at least 4 members (excludes halogenated alkanes) is 2. The van der Waals surface area contributed by atoms with Crippen molar-refractivity contribution >= 4 is 34.8 Å². The Morgan fingerprint density at radius 3 is 2.24 bits per heavy atom. The van der Waals surface area contributed by atoms with Crippen molar-refractivity contribution in [1.82, 2.24) is 4.90 Å². The molecule has 5 atom stereocenters. The molecule has 0 radical (unpaired) electrons. The van der Waals surface area contributed by atoms with E-state index in [4.69, 9.17) is 4.74 Å². The molecule has 3 aliphatic rings. The number of nitrogens with one attached hydrogen (secondary N) is 2. The molecular weight excluding hydrogens is 532 g/mol. The fourth-order valence-electron chi connectivity index (χ4n) is 7.52. The Morgan fingerprint density at radius 1 is 0.929 bits per heavy atom. The molecule has 2 bridgehead atoms. The minimum Gasteiger partial charge on any atom is -0.396 e. The van der Waals surface area contributed by atoms with Crippen molar-refractivity contribution in [2.24, 2.45) is 11.8 Å². The van der Waals surface area contributed by atoms with Crippen LogP contribution in [0.4, 0.5) is 17.1 Å². The number of fused-ring (bicyclic) bond motifs is 1. The van der Waals surface area contributed by atoms with Crippen LogP contribution in [0.25, 0.3) is 0 Å². The van der Waals surface area contributed by atoms with E-state index in [0.717, 1.165) is 25.2 Å². The molecule has 3 saturated heterocycles. The molecule has 9 nitrogen and oxygen atoms in total. The third kappa shape index (κ3) is 5.17. The minimum absolute atomic E-state index is 0.0811. The van der Waals surface area contributed by atoms with Crippen LogP contribution in [0, 0.1) is 11.8 Å². The van der Waals surface area contributed by atoms with E-state index in [2.05, 4.69) is 29.4 Å². The Balaban J connectivity index is 1.45. The first-order chi connectivity index (χ1) is 20.3. The fraction of sp³-hybridized carbons (Fsp3) is 0.545. The predicted molar refractivity (Wildman–Crippen MR) is 163 cm³/mol. The van der Waals surface area contributed by atoms with Crippen LogP contribution in [0.1, 0.15) is 59.3 Å². The standard InChI is InChI=1S/C33H44N4O5/c1-4-32-19-20-33(42-32)27(26(32)29(39)34-23-13-9-7-10-14-23)31(41)37(21-11-8-12-22-38)28(33)30(40)35-24-15-17-25(18-16-24)36(5-2)6-3/h7,9-10,13-18,26-28,38H,4-6,8,11-12,19-22H2,1-3H3,(H,34,39)(H,35,40)/t26-,27+,28?,32+,33?/m1/s1. The number of carbonyl (C=O) groups is 3. The van der Waals surface area contributed by atoms with Crippen molar-refractivity contribution in [3.05, 3.63) is 54.6 Å². The van der Waals surface area contributed by atoms with Crippen molar-refractivity contribution in [3.63, 3.8) is 0 Å². The smallest absolute Gasteiger partial charge is 0.250 e. The number of carbonyl (C=O) groups excluding carboxylic acids is 3. The number of aliphatic hydroxyl groups is 1. The lowest BCUT2D eigenvalue weighted by atomic mass is 9.65. The summed E-state index contributed by atoms with van der Waals surface area (Å²) in [7, 11) is 0. The Bertz CT molecular complexity index is 1270. The van der Waals surface area contributed by atoms with E-state index in [1.165, 1.54) is 0 Å². The van der Waals surface area contributed by atoms with Gasteiger partial charge in [0.15, 0.2) is 0 Å². The summed E-state index contributed by atoms with van der Waals surface area (Å²) in [6.07, 6.45) is 3.74. The zero-order chi connectivity index (χ0) is 29.9. The highest BCUT2D eigenvalue weighted by atomic mass is 16.5. The lowest BCUT2D eigenvalue weighted by molar-refractivity contribution is -0.144. The summed E-state index contributed by atoms with van der Waals surface area (Å²) in [4.78, 5) is 46.1. The molecule has 226 valence electrons. The largest absolute Gasteiger partial charge is 0.396 e. The van der Waals surface area contributed by atoms with Gasteiger partial charge in [-0.05, 0) is 88.8 Å². The van der Waals surface area contributed by atoms with Gasteiger partial charge in [0.25, 0.3) is 0 Å². The van der Waals surface area contributed by atoms with E-state index >= 15 is 0 Å². The topological polar surface area (TPSA) is 111 Å². The van der Waals surface area contributed by atoms with Crippen molar-refractivity contribution in [1.29, 1.82) is 0 Å². The highest BCUT2D eigenvalue weighted by Gasteiger charge is 2.78. The molecule has 0 aromatic heterocycles. The number of amides is 3. The summed E-state index contributed by atoms with van der Waals surface area (Å²) in [5.74, 6) is -2.17. The highest BCUT2D eigenvalue weighted by molar-refractivity contribution is 6.05. The molecule has 3 fully saturated rings. The fourth-order valence-corrected chi connectivity index (χ4v) is 7.52. The molecular formula is C33H44N4O5. The second kappa shape index (κ2) is 12.4. The van der Waals surface area contributed by atoms with Crippen LogP contribution in [-0.2, 0) is 19.1 Å². The molecule has 5 rings (SSSR count). The first-order valence-corrected chi connectivity index (χ1v) is 15.5. The first-order valence-electron chi connectivity index (χ1n) is 15.5. The maximum atomic E-state index is 14.2. The van der Waals surface area contributed by atoms with E-state index in [1.807, 2.05) is 61.5 Å². The highest BCUT2D eigenvalue weighted by Crippen LogP contribution is 2.64.